The van der Waals surface area contributed by atoms with Crippen molar-refractivity contribution in [2.75, 3.05) is 0 Å². The average Bonchev–Trinajstić information content (AvgIpc) is 2.15. The number of hydrogen-bond donors (Lipinski definition) is 0. The van der Waals surface area contributed by atoms with Crippen LogP contribution in [-0.2, 0) is 0 Å². The Labute approximate surface area is 102 Å². The molecule has 92 valence electrons. The van der Waals surface area contributed by atoms with Crippen LogP contribution in [0.15, 0.2) is 0 Å². The summed E-state index contributed by atoms with van der Waals surface area (Å²) in [5, 5.41) is 0.334. The van der Waals surface area contributed by atoms with Crippen LogP contribution in [0.1, 0.15) is 72.6 Å². The Balaban J connectivity index is 3.46. The van der Waals surface area contributed by atoms with Gasteiger partial charge in [-0.1, -0.05) is 59.3 Å². The Morgan fingerprint density at radius 1 is 0.867 bits per heavy atom. The molecule has 0 aliphatic carbocycles. The van der Waals surface area contributed by atoms with Gasteiger partial charge in [-0.2, -0.15) is 0 Å². The van der Waals surface area contributed by atoms with Crippen LogP contribution in [0, 0.1) is 11.8 Å². The molecule has 0 aromatic rings. The SMILES string of the molecule is CCCCCCCCC(C(C)C)C(C)Cl. The van der Waals surface area contributed by atoms with E-state index in [4.69, 9.17) is 11.6 Å². The van der Waals surface area contributed by atoms with Crippen molar-refractivity contribution >= 4 is 11.6 Å². The topological polar surface area (TPSA) is 0 Å². The van der Waals surface area contributed by atoms with Crippen molar-refractivity contribution in [3.63, 3.8) is 0 Å². The van der Waals surface area contributed by atoms with Gasteiger partial charge in [-0.25, -0.2) is 0 Å². The molecule has 0 radical (unpaired) electrons. The van der Waals surface area contributed by atoms with Gasteiger partial charge in [0.05, 0.1) is 0 Å². The van der Waals surface area contributed by atoms with Gasteiger partial charge in [0.15, 0.2) is 0 Å². The van der Waals surface area contributed by atoms with Crippen LogP contribution < -0.4 is 0 Å². The third-order valence-corrected chi connectivity index (χ3v) is 3.66. The summed E-state index contributed by atoms with van der Waals surface area (Å²) in [7, 11) is 0. The molecule has 0 fully saturated rings. The molecule has 2 atom stereocenters. The molecule has 0 bridgehead atoms. The maximum Gasteiger partial charge on any atom is 0.0338 e. The Kier molecular flexibility index (Phi) is 9.70. The fraction of sp³-hybridized carbons (Fsp3) is 1.00. The fourth-order valence-electron chi connectivity index (χ4n) is 2.25. The summed E-state index contributed by atoms with van der Waals surface area (Å²) in [6.45, 7) is 8.99. The van der Waals surface area contributed by atoms with Crippen molar-refractivity contribution in [1.29, 1.82) is 0 Å². The molecule has 1 heteroatoms. The minimum atomic E-state index is 0.334. The monoisotopic (exact) mass is 232 g/mol. The quantitative estimate of drug-likeness (QED) is 0.357. The van der Waals surface area contributed by atoms with E-state index in [9.17, 15) is 0 Å². The maximum absolute atomic E-state index is 6.20. The van der Waals surface area contributed by atoms with Gasteiger partial charge in [0.1, 0.15) is 0 Å². The Bertz CT molecular complexity index is 121. The first kappa shape index (κ1) is 15.3. The Morgan fingerprint density at radius 3 is 1.87 bits per heavy atom. The summed E-state index contributed by atoms with van der Waals surface area (Å²) in [5.74, 6) is 1.44. The van der Waals surface area contributed by atoms with Crippen LogP contribution in [0.3, 0.4) is 0 Å². The van der Waals surface area contributed by atoms with Crippen LogP contribution in [0.5, 0.6) is 0 Å². The number of hydrogen-bond acceptors (Lipinski definition) is 0. The second-order valence-corrected chi connectivity index (χ2v) is 5.83. The fourth-order valence-corrected chi connectivity index (χ4v) is 2.67. The lowest BCUT2D eigenvalue weighted by Gasteiger charge is -2.23. The van der Waals surface area contributed by atoms with Crippen molar-refractivity contribution in [3.8, 4) is 0 Å². The second-order valence-electron chi connectivity index (χ2n) is 5.14. The summed E-state index contributed by atoms with van der Waals surface area (Å²) in [4.78, 5) is 0. The molecular weight excluding hydrogens is 204 g/mol. The molecule has 0 saturated carbocycles. The molecule has 0 nitrogen and oxygen atoms in total. The molecule has 0 aromatic heterocycles. The third kappa shape index (κ3) is 8.13. The normalized spacial score (nSPS) is 15.6. The number of unbranched alkanes of at least 4 members (excludes halogenated alkanes) is 5. The van der Waals surface area contributed by atoms with E-state index in [2.05, 4.69) is 27.7 Å². The average molecular weight is 233 g/mol. The van der Waals surface area contributed by atoms with Crippen molar-refractivity contribution < 1.29 is 0 Å². The van der Waals surface area contributed by atoms with Crippen molar-refractivity contribution in [3.05, 3.63) is 0 Å². The minimum Gasteiger partial charge on any atom is -0.123 e. The van der Waals surface area contributed by atoms with E-state index in [-0.39, 0.29) is 0 Å². The highest BCUT2D eigenvalue weighted by Crippen LogP contribution is 2.25. The van der Waals surface area contributed by atoms with E-state index in [1.165, 1.54) is 44.9 Å². The van der Waals surface area contributed by atoms with E-state index < -0.39 is 0 Å². The van der Waals surface area contributed by atoms with Gasteiger partial charge in [-0.3, -0.25) is 0 Å². The third-order valence-electron chi connectivity index (χ3n) is 3.34. The zero-order valence-electron chi connectivity index (χ0n) is 11.1. The lowest BCUT2D eigenvalue weighted by Crippen LogP contribution is -2.17. The summed E-state index contributed by atoms with van der Waals surface area (Å²) in [5.41, 5.74) is 0. The van der Waals surface area contributed by atoms with Crippen LogP contribution in [0.2, 0.25) is 0 Å². The summed E-state index contributed by atoms with van der Waals surface area (Å²) >= 11 is 6.20. The molecular formula is C14H29Cl. The van der Waals surface area contributed by atoms with E-state index in [1.807, 2.05) is 0 Å². The number of alkyl halides is 1. The summed E-state index contributed by atoms with van der Waals surface area (Å²) < 4.78 is 0. The molecule has 0 N–H and O–H groups in total. The summed E-state index contributed by atoms with van der Waals surface area (Å²) in [6, 6.07) is 0. The lowest BCUT2D eigenvalue weighted by atomic mass is 9.88. The highest BCUT2D eigenvalue weighted by Gasteiger charge is 2.17. The van der Waals surface area contributed by atoms with E-state index in [1.54, 1.807) is 0 Å². The highest BCUT2D eigenvalue weighted by molar-refractivity contribution is 6.20. The number of halogens is 1. The molecule has 2 unspecified atom stereocenters. The zero-order valence-corrected chi connectivity index (χ0v) is 11.8. The number of rotatable bonds is 9. The molecule has 15 heavy (non-hydrogen) atoms. The Hall–Kier alpha value is 0.290. The first-order chi connectivity index (χ1) is 7.09. The van der Waals surface area contributed by atoms with Gasteiger partial charge in [-0.15, -0.1) is 11.6 Å². The van der Waals surface area contributed by atoms with Crippen LogP contribution in [0.25, 0.3) is 0 Å². The predicted molar refractivity (Wildman–Crippen MR) is 71.6 cm³/mol. The second kappa shape index (κ2) is 9.51. The van der Waals surface area contributed by atoms with Crippen molar-refractivity contribution in [2.45, 2.75) is 78.0 Å². The maximum atomic E-state index is 6.20. The Morgan fingerprint density at radius 2 is 1.40 bits per heavy atom. The standard InChI is InChI=1S/C14H29Cl/c1-5-6-7-8-9-10-11-14(12(2)3)13(4)15/h12-14H,5-11H2,1-4H3. The van der Waals surface area contributed by atoms with Crippen molar-refractivity contribution in [1.82, 2.24) is 0 Å². The van der Waals surface area contributed by atoms with Crippen molar-refractivity contribution in [2.24, 2.45) is 11.8 Å². The minimum absolute atomic E-state index is 0.334. The first-order valence-electron chi connectivity index (χ1n) is 6.73. The largest absolute Gasteiger partial charge is 0.123 e. The van der Waals surface area contributed by atoms with E-state index in [0.717, 1.165) is 5.92 Å². The lowest BCUT2D eigenvalue weighted by molar-refractivity contribution is 0.340. The van der Waals surface area contributed by atoms with E-state index >= 15 is 0 Å². The van der Waals surface area contributed by atoms with Gasteiger partial charge >= 0.3 is 0 Å². The predicted octanol–water partition coefficient (Wildman–Crippen LogP) is 5.64. The van der Waals surface area contributed by atoms with Gasteiger partial charge in [0.25, 0.3) is 0 Å². The molecule has 0 spiro atoms. The van der Waals surface area contributed by atoms with E-state index in [0.29, 0.717) is 11.3 Å². The molecule has 0 aromatic carbocycles. The van der Waals surface area contributed by atoms with Gasteiger partial charge in [0.2, 0.25) is 0 Å². The van der Waals surface area contributed by atoms with Crippen LogP contribution in [0.4, 0.5) is 0 Å². The van der Waals surface area contributed by atoms with Gasteiger partial charge < -0.3 is 0 Å². The molecule has 0 aliphatic heterocycles. The zero-order chi connectivity index (χ0) is 11.7. The molecule has 0 saturated heterocycles. The summed E-state index contributed by atoms with van der Waals surface area (Å²) in [6.07, 6.45) is 9.65. The highest BCUT2D eigenvalue weighted by atomic mass is 35.5. The van der Waals surface area contributed by atoms with Crippen LogP contribution >= 0.6 is 11.6 Å². The molecule has 0 heterocycles. The smallest absolute Gasteiger partial charge is 0.0338 e. The molecule has 0 aliphatic rings. The van der Waals surface area contributed by atoms with Gasteiger partial charge in [0, 0.05) is 5.38 Å². The first-order valence-corrected chi connectivity index (χ1v) is 7.17. The molecule has 0 rings (SSSR count). The molecule has 0 amide bonds. The van der Waals surface area contributed by atoms with Crippen LogP contribution in [-0.4, -0.2) is 5.38 Å². The van der Waals surface area contributed by atoms with Gasteiger partial charge in [-0.05, 0) is 25.2 Å².